The van der Waals surface area contributed by atoms with E-state index in [9.17, 15) is 4.39 Å². The van der Waals surface area contributed by atoms with E-state index in [0.29, 0.717) is 0 Å². The van der Waals surface area contributed by atoms with Crippen molar-refractivity contribution in [2.24, 2.45) is 5.92 Å². The van der Waals surface area contributed by atoms with E-state index in [2.05, 4.69) is 6.08 Å². The van der Waals surface area contributed by atoms with Crippen LogP contribution >= 0.6 is 0 Å². The first-order valence-electron chi connectivity index (χ1n) is 3.00. The van der Waals surface area contributed by atoms with E-state index in [1.165, 1.54) is 5.92 Å². The third-order valence-corrected chi connectivity index (χ3v) is 1.94. The summed E-state index contributed by atoms with van der Waals surface area (Å²) >= 11 is 0. The average molecular weight is 110 g/mol. The number of hydrogen-bond donors (Lipinski definition) is 0. The highest BCUT2D eigenvalue weighted by atomic mass is 19.1. The molecule has 0 saturated heterocycles. The van der Waals surface area contributed by atoms with Gasteiger partial charge in [-0.1, -0.05) is 0 Å². The number of allylic oxidation sites excluding steroid dienone is 2. The van der Waals surface area contributed by atoms with Gasteiger partial charge in [0, 0.05) is 11.8 Å². The minimum absolute atomic E-state index is 0.00579. The summed E-state index contributed by atoms with van der Waals surface area (Å²) in [5.41, 5.74) is 0. The van der Waals surface area contributed by atoms with Gasteiger partial charge in [-0.3, -0.25) is 0 Å². The van der Waals surface area contributed by atoms with Crippen molar-refractivity contribution in [2.45, 2.75) is 19.3 Å². The van der Waals surface area contributed by atoms with Crippen LogP contribution in [0.5, 0.6) is 0 Å². The molecule has 8 heavy (non-hydrogen) atoms. The zero-order chi connectivity index (χ0) is 5.56. The number of rotatable bonds is 0. The molecule has 2 radical (unpaired) electrons. The summed E-state index contributed by atoms with van der Waals surface area (Å²) in [6, 6.07) is 0. The quantitative estimate of drug-likeness (QED) is 0.447. The molecule has 0 amide bonds. The van der Waals surface area contributed by atoms with Crippen molar-refractivity contribution in [1.82, 2.24) is 0 Å². The van der Waals surface area contributed by atoms with E-state index in [-0.39, 0.29) is 11.7 Å². The van der Waals surface area contributed by atoms with Gasteiger partial charge in [0.1, 0.15) is 5.83 Å². The summed E-state index contributed by atoms with van der Waals surface area (Å²) in [7, 11) is 0. The minimum Gasteiger partial charge on any atom is -0.211 e. The van der Waals surface area contributed by atoms with Crippen molar-refractivity contribution in [3.63, 3.8) is 0 Å². The van der Waals surface area contributed by atoms with Crippen molar-refractivity contribution in [1.29, 1.82) is 0 Å². The molecular weight excluding hydrogens is 103 g/mol. The monoisotopic (exact) mass is 110 g/mol. The first-order chi connectivity index (χ1) is 3.86. The van der Waals surface area contributed by atoms with E-state index < -0.39 is 0 Å². The summed E-state index contributed by atoms with van der Waals surface area (Å²) in [4.78, 5) is 0. The van der Waals surface area contributed by atoms with Crippen molar-refractivity contribution in [3.8, 4) is 0 Å². The predicted octanol–water partition coefficient (Wildman–Crippen LogP) is 2.03. The molecule has 0 heterocycles. The molecule has 2 bridgehead atoms. The number of halogens is 1. The van der Waals surface area contributed by atoms with E-state index in [1.54, 1.807) is 0 Å². The summed E-state index contributed by atoms with van der Waals surface area (Å²) in [6.45, 7) is 0. The zero-order valence-corrected chi connectivity index (χ0v) is 4.58. The second kappa shape index (κ2) is 1.34. The van der Waals surface area contributed by atoms with Crippen LogP contribution in [0, 0.1) is 17.9 Å². The molecule has 2 aliphatic rings. The van der Waals surface area contributed by atoms with Crippen LogP contribution < -0.4 is 0 Å². The average Bonchev–Trinajstić information content (AvgIpc) is 2.23. The molecule has 1 heteroatoms. The van der Waals surface area contributed by atoms with Crippen LogP contribution in [-0.4, -0.2) is 0 Å². The SMILES string of the molecule is FC1=[C][C]2CCC1C2. The van der Waals surface area contributed by atoms with E-state index in [0.717, 1.165) is 19.3 Å². The van der Waals surface area contributed by atoms with Crippen LogP contribution in [0.2, 0.25) is 0 Å². The maximum Gasteiger partial charge on any atom is 0.107 e. The molecule has 0 aliphatic heterocycles. The Morgan fingerprint density at radius 3 is 2.75 bits per heavy atom. The topological polar surface area (TPSA) is 0 Å². The summed E-state index contributed by atoms with van der Waals surface area (Å²) < 4.78 is 12.4. The predicted molar refractivity (Wildman–Crippen MR) is 28.4 cm³/mol. The minimum atomic E-state index is 0.00579. The Balaban J connectivity index is 2.29. The molecule has 0 N–H and O–H groups in total. The Bertz CT molecular complexity index is 137. The summed E-state index contributed by atoms with van der Waals surface area (Å²) in [5.74, 6) is 1.45. The highest BCUT2D eigenvalue weighted by molar-refractivity contribution is 5.22. The van der Waals surface area contributed by atoms with Gasteiger partial charge in [-0.05, 0) is 25.3 Å². The Kier molecular flexibility index (Phi) is 0.758. The van der Waals surface area contributed by atoms with Crippen LogP contribution in [0.4, 0.5) is 4.39 Å². The van der Waals surface area contributed by atoms with Crippen molar-refractivity contribution in [2.75, 3.05) is 0 Å². The third kappa shape index (κ3) is 0.445. The lowest BCUT2D eigenvalue weighted by Crippen LogP contribution is -1.90. The Morgan fingerprint density at radius 2 is 2.50 bits per heavy atom. The Labute approximate surface area is 48.4 Å². The van der Waals surface area contributed by atoms with Crippen molar-refractivity contribution in [3.05, 3.63) is 17.8 Å². The fraction of sp³-hybridized carbons (Fsp3) is 0.571. The fourth-order valence-electron chi connectivity index (χ4n) is 1.45. The highest BCUT2D eigenvalue weighted by Crippen LogP contribution is 2.44. The van der Waals surface area contributed by atoms with Gasteiger partial charge in [0.25, 0.3) is 0 Å². The first-order valence-corrected chi connectivity index (χ1v) is 3.00. The zero-order valence-electron chi connectivity index (χ0n) is 4.58. The smallest absolute Gasteiger partial charge is 0.107 e. The molecule has 2 aliphatic carbocycles. The molecule has 1 fully saturated rings. The fourth-order valence-corrected chi connectivity index (χ4v) is 1.45. The van der Waals surface area contributed by atoms with Gasteiger partial charge in [0.15, 0.2) is 0 Å². The van der Waals surface area contributed by atoms with Gasteiger partial charge < -0.3 is 0 Å². The second-order valence-electron chi connectivity index (χ2n) is 2.52. The molecule has 0 aromatic rings. The molecule has 0 nitrogen and oxygen atoms in total. The van der Waals surface area contributed by atoms with Crippen LogP contribution in [0.15, 0.2) is 5.83 Å². The maximum atomic E-state index is 12.4. The lowest BCUT2D eigenvalue weighted by Gasteiger charge is -2.00. The normalized spacial score (nSPS) is 36.1. The van der Waals surface area contributed by atoms with E-state index >= 15 is 0 Å². The van der Waals surface area contributed by atoms with Gasteiger partial charge in [0.2, 0.25) is 0 Å². The molecule has 1 saturated carbocycles. The lowest BCUT2D eigenvalue weighted by atomic mass is 10.1. The van der Waals surface area contributed by atoms with Crippen LogP contribution in [0.1, 0.15) is 19.3 Å². The highest BCUT2D eigenvalue weighted by Gasteiger charge is 2.33. The first kappa shape index (κ1) is 4.54. The second-order valence-corrected chi connectivity index (χ2v) is 2.52. The molecule has 0 aromatic carbocycles. The van der Waals surface area contributed by atoms with Crippen LogP contribution in [0.3, 0.4) is 0 Å². The van der Waals surface area contributed by atoms with Gasteiger partial charge >= 0.3 is 0 Å². The van der Waals surface area contributed by atoms with Gasteiger partial charge in [-0.2, -0.15) is 0 Å². The van der Waals surface area contributed by atoms with Crippen molar-refractivity contribution >= 4 is 0 Å². The van der Waals surface area contributed by atoms with Gasteiger partial charge in [-0.25, -0.2) is 4.39 Å². The third-order valence-electron chi connectivity index (χ3n) is 1.94. The number of hydrogen-bond acceptors (Lipinski definition) is 0. The Morgan fingerprint density at radius 1 is 1.62 bits per heavy atom. The maximum absolute atomic E-state index is 12.4. The lowest BCUT2D eigenvalue weighted by molar-refractivity contribution is 0.483. The molecule has 42 valence electrons. The largest absolute Gasteiger partial charge is 0.211 e. The standard InChI is InChI=1S/C7H7F/c8-7-4-5-1-2-6(7)3-5/h6H,1-3H2. The van der Waals surface area contributed by atoms with Crippen LogP contribution in [0.25, 0.3) is 0 Å². The molecule has 1 atom stereocenters. The van der Waals surface area contributed by atoms with Crippen LogP contribution in [-0.2, 0) is 0 Å². The molecule has 0 spiro atoms. The molecule has 1 unspecified atom stereocenters. The Hall–Kier alpha value is -0.330. The molecular formula is C7H7F. The molecule has 0 aromatic heterocycles. The number of fused-ring (bicyclic) bond motifs is 2. The van der Waals surface area contributed by atoms with E-state index in [1.807, 2.05) is 0 Å². The van der Waals surface area contributed by atoms with E-state index in [4.69, 9.17) is 0 Å². The van der Waals surface area contributed by atoms with Gasteiger partial charge in [-0.15, -0.1) is 0 Å². The van der Waals surface area contributed by atoms with Crippen molar-refractivity contribution < 1.29 is 4.39 Å². The van der Waals surface area contributed by atoms with Gasteiger partial charge in [0.05, 0.1) is 0 Å². The summed E-state index contributed by atoms with van der Waals surface area (Å²) in [5, 5.41) is 0. The molecule has 2 rings (SSSR count). The summed E-state index contributed by atoms with van der Waals surface area (Å²) in [6.07, 6.45) is 5.82.